The highest BCUT2D eigenvalue weighted by Crippen LogP contribution is 2.17. The van der Waals surface area contributed by atoms with E-state index in [2.05, 4.69) is 93.7 Å². The molecule has 75 heavy (non-hydrogen) atoms. The molecule has 0 radical (unpaired) electrons. The highest BCUT2D eigenvalue weighted by atomic mass is 16.6. The van der Waals surface area contributed by atoms with Crippen molar-refractivity contribution in [3.8, 4) is 0 Å². The number of carbonyl (C=O) groups excluding carboxylic acids is 3. The Morgan fingerprint density at radius 3 is 0.813 bits per heavy atom. The van der Waals surface area contributed by atoms with Gasteiger partial charge in [-0.1, -0.05) is 312 Å². The van der Waals surface area contributed by atoms with E-state index in [-0.39, 0.29) is 31.1 Å². The molecule has 6 nitrogen and oxygen atoms in total. The van der Waals surface area contributed by atoms with Gasteiger partial charge in [0.1, 0.15) is 13.2 Å². The molecule has 1 unspecified atom stereocenters. The van der Waals surface area contributed by atoms with Crippen molar-refractivity contribution >= 4 is 17.9 Å². The number of rotatable bonds is 59. The van der Waals surface area contributed by atoms with Gasteiger partial charge < -0.3 is 14.2 Å². The zero-order valence-corrected chi connectivity index (χ0v) is 49.8. The van der Waals surface area contributed by atoms with Crippen LogP contribution in [0, 0.1) is 0 Å². The van der Waals surface area contributed by atoms with Gasteiger partial charge in [-0.3, -0.25) is 14.4 Å². The lowest BCUT2D eigenvalue weighted by Gasteiger charge is -2.18. The van der Waals surface area contributed by atoms with Crippen LogP contribution in [0.5, 0.6) is 0 Å². The van der Waals surface area contributed by atoms with Crippen LogP contribution in [0.2, 0.25) is 0 Å². The minimum absolute atomic E-state index is 0.0759. The Hall–Kier alpha value is -3.15. The van der Waals surface area contributed by atoms with Crippen LogP contribution < -0.4 is 0 Å². The fraction of sp³-hybridized carbons (Fsp3) is 0.783. The molecule has 0 heterocycles. The summed E-state index contributed by atoms with van der Waals surface area (Å²) in [5.41, 5.74) is 0. The topological polar surface area (TPSA) is 78.9 Å². The van der Waals surface area contributed by atoms with Gasteiger partial charge in [-0.25, -0.2) is 0 Å². The Morgan fingerprint density at radius 1 is 0.280 bits per heavy atom. The molecule has 1 atom stereocenters. The van der Waals surface area contributed by atoms with Gasteiger partial charge in [-0.05, 0) is 70.6 Å². The molecule has 0 aromatic rings. The van der Waals surface area contributed by atoms with Gasteiger partial charge in [0, 0.05) is 19.3 Å². The summed E-state index contributed by atoms with van der Waals surface area (Å²) in [7, 11) is 0. The van der Waals surface area contributed by atoms with Crippen molar-refractivity contribution in [1.82, 2.24) is 0 Å². The first kappa shape index (κ1) is 71.8. The van der Waals surface area contributed by atoms with Crippen molar-refractivity contribution in [2.75, 3.05) is 13.2 Å². The van der Waals surface area contributed by atoms with Crippen molar-refractivity contribution in [2.24, 2.45) is 0 Å². The molecule has 0 bridgehead atoms. The molecule has 0 aromatic heterocycles. The summed E-state index contributed by atoms with van der Waals surface area (Å²) in [4.78, 5) is 38.2. The fourth-order valence-corrected chi connectivity index (χ4v) is 9.39. The highest BCUT2D eigenvalue weighted by molar-refractivity contribution is 5.71. The summed E-state index contributed by atoms with van der Waals surface area (Å²) >= 11 is 0. The SMILES string of the molecule is CC/C=C\C/C=C\C/C=C\C/C=C\C/C=C\C/C=C\CCCCCCCCC(=O)OCC(COC(=O)CCCCCCCCCCCC)OC(=O)CCCCCCCCCCCCCCCCCCCCCCCC. The first-order chi connectivity index (χ1) is 37.0. The minimum atomic E-state index is -0.779. The summed E-state index contributed by atoms with van der Waals surface area (Å²) in [5.74, 6) is -0.875. The first-order valence-electron chi connectivity index (χ1n) is 32.4. The lowest BCUT2D eigenvalue weighted by atomic mass is 10.0. The lowest BCUT2D eigenvalue weighted by molar-refractivity contribution is -0.167. The van der Waals surface area contributed by atoms with E-state index >= 15 is 0 Å². The van der Waals surface area contributed by atoms with Crippen LogP contribution in [0.25, 0.3) is 0 Å². The molecule has 6 heteroatoms. The lowest BCUT2D eigenvalue weighted by Crippen LogP contribution is -2.30. The van der Waals surface area contributed by atoms with Gasteiger partial charge in [0.15, 0.2) is 6.10 Å². The van der Waals surface area contributed by atoms with Gasteiger partial charge >= 0.3 is 17.9 Å². The van der Waals surface area contributed by atoms with Crippen LogP contribution in [0.15, 0.2) is 72.9 Å². The number of allylic oxidation sites excluding steroid dienone is 12. The smallest absolute Gasteiger partial charge is 0.306 e. The van der Waals surface area contributed by atoms with Crippen LogP contribution in [-0.2, 0) is 28.6 Å². The standard InChI is InChI=1S/C69H122O6/c1-4-7-10-13-16-19-22-24-26-28-30-32-34-35-36-38-39-41-43-45-47-50-53-56-59-62-68(71)74-65-66(64-73-67(70)61-58-55-52-49-21-18-15-12-9-6-3)75-69(72)63-60-57-54-51-48-46-44-42-40-37-33-31-29-27-25-23-20-17-14-11-8-5-2/h7,10,16,19,24,26,30,32,35-36,39,41,66H,4-6,8-9,11-15,17-18,20-23,25,27-29,31,33-34,37-38,40,42-65H2,1-3H3/b10-7-,19-16-,26-24-,32-30-,36-35-,41-39-. The van der Waals surface area contributed by atoms with Crippen LogP contribution in [-0.4, -0.2) is 37.2 Å². The van der Waals surface area contributed by atoms with Crippen molar-refractivity contribution in [2.45, 2.75) is 335 Å². The summed E-state index contributed by atoms with van der Waals surface area (Å²) in [6.07, 6.45) is 82.0. The van der Waals surface area contributed by atoms with E-state index in [0.29, 0.717) is 19.3 Å². The molecule has 0 spiro atoms. The molecular formula is C69H122O6. The Balaban J connectivity index is 4.26. The van der Waals surface area contributed by atoms with Crippen LogP contribution in [0.1, 0.15) is 329 Å². The average molecular weight is 1050 g/mol. The molecule has 0 rings (SSSR count). The second-order valence-electron chi connectivity index (χ2n) is 21.7. The highest BCUT2D eigenvalue weighted by Gasteiger charge is 2.19. The molecule has 0 saturated carbocycles. The summed E-state index contributed by atoms with van der Waals surface area (Å²) in [5, 5.41) is 0. The molecule has 0 aliphatic rings. The third-order valence-electron chi connectivity index (χ3n) is 14.2. The van der Waals surface area contributed by atoms with Crippen LogP contribution in [0.3, 0.4) is 0 Å². The number of ether oxygens (including phenoxy) is 3. The number of hydrogen-bond donors (Lipinski definition) is 0. The predicted octanol–water partition coefficient (Wildman–Crippen LogP) is 22.1. The normalized spacial score (nSPS) is 12.5. The molecule has 0 fully saturated rings. The van der Waals surface area contributed by atoms with Crippen molar-refractivity contribution in [3.63, 3.8) is 0 Å². The van der Waals surface area contributed by atoms with Crippen LogP contribution in [0.4, 0.5) is 0 Å². The largest absolute Gasteiger partial charge is 0.462 e. The Morgan fingerprint density at radius 2 is 0.520 bits per heavy atom. The third-order valence-corrected chi connectivity index (χ3v) is 14.2. The van der Waals surface area contributed by atoms with Gasteiger partial charge in [0.2, 0.25) is 0 Å². The minimum Gasteiger partial charge on any atom is -0.462 e. The van der Waals surface area contributed by atoms with Gasteiger partial charge in [0.05, 0.1) is 0 Å². The van der Waals surface area contributed by atoms with Crippen molar-refractivity contribution < 1.29 is 28.6 Å². The summed E-state index contributed by atoms with van der Waals surface area (Å²) < 4.78 is 16.9. The number of carbonyl (C=O) groups is 3. The molecule has 0 aromatic carbocycles. The second-order valence-corrected chi connectivity index (χ2v) is 21.7. The van der Waals surface area contributed by atoms with Crippen molar-refractivity contribution in [3.05, 3.63) is 72.9 Å². The average Bonchev–Trinajstić information content (AvgIpc) is 3.41. The Kier molecular flexibility index (Phi) is 60.7. The molecule has 0 saturated heterocycles. The zero-order chi connectivity index (χ0) is 54.3. The van der Waals surface area contributed by atoms with E-state index in [9.17, 15) is 14.4 Å². The number of esters is 3. The van der Waals surface area contributed by atoms with E-state index < -0.39 is 6.10 Å². The summed E-state index contributed by atoms with van der Waals surface area (Å²) in [6, 6.07) is 0. The maximum absolute atomic E-state index is 12.9. The third kappa shape index (κ3) is 61.6. The second kappa shape index (κ2) is 63.4. The van der Waals surface area contributed by atoms with E-state index in [1.165, 1.54) is 186 Å². The molecular weight excluding hydrogens is 925 g/mol. The first-order valence-corrected chi connectivity index (χ1v) is 32.4. The quantitative estimate of drug-likeness (QED) is 0.0261. The molecule has 434 valence electrons. The van der Waals surface area contributed by atoms with Crippen LogP contribution >= 0.6 is 0 Å². The Labute approximate surface area is 465 Å². The molecule has 0 aliphatic carbocycles. The maximum Gasteiger partial charge on any atom is 0.306 e. The molecule has 0 aliphatic heterocycles. The Bertz CT molecular complexity index is 1390. The molecule has 0 N–H and O–H groups in total. The fourth-order valence-electron chi connectivity index (χ4n) is 9.39. The van der Waals surface area contributed by atoms with E-state index in [4.69, 9.17) is 14.2 Å². The van der Waals surface area contributed by atoms with Crippen molar-refractivity contribution in [1.29, 1.82) is 0 Å². The number of unbranched alkanes of at least 4 members (excludes halogenated alkanes) is 36. The van der Waals surface area contributed by atoms with Gasteiger partial charge in [-0.2, -0.15) is 0 Å². The zero-order valence-electron chi connectivity index (χ0n) is 49.8. The number of hydrogen-bond acceptors (Lipinski definition) is 6. The van der Waals surface area contributed by atoms with Gasteiger partial charge in [0.25, 0.3) is 0 Å². The predicted molar refractivity (Wildman–Crippen MR) is 325 cm³/mol. The van der Waals surface area contributed by atoms with E-state index in [1.807, 2.05) is 0 Å². The molecule has 0 amide bonds. The monoisotopic (exact) mass is 1050 g/mol. The van der Waals surface area contributed by atoms with E-state index in [1.54, 1.807) is 0 Å². The van der Waals surface area contributed by atoms with E-state index in [0.717, 1.165) is 103 Å². The van der Waals surface area contributed by atoms with Gasteiger partial charge in [-0.15, -0.1) is 0 Å². The maximum atomic E-state index is 12.9. The summed E-state index contributed by atoms with van der Waals surface area (Å²) in [6.45, 7) is 6.55.